The van der Waals surface area contributed by atoms with E-state index in [9.17, 15) is 19.8 Å². The lowest BCUT2D eigenvalue weighted by molar-refractivity contribution is -0.143. The largest absolute Gasteiger partial charge is 0.466 e. The number of carbonyl (C=O) groups excluding carboxylic acids is 2. The van der Waals surface area contributed by atoms with Gasteiger partial charge in [-0.1, -0.05) is 346 Å². The van der Waals surface area contributed by atoms with Crippen LogP contribution in [0.25, 0.3) is 0 Å². The Labute approximate surface area is 487 Å². The quantitative estimate of drug-likeness (QED) is 0.0320. The van der Waals surface area contributed by atoms with Crippen LogP contribution in [0.15, 0.2) is 36.5 Å². The molecule has 6 heteroatoms. The Bertz CT molecular complexity index is 1260. The average molecular weight is 1100 g/mol. The molecule has 0 saturated heterocycles. The van der Waals surface area contributed by atoms with Gasteiger partial charge in [0.15, 0.2) is 0 Å². The first kappa shape index (κ1) is 76.1. The molecule has 78 heavy (non-hydrogen) atoms. The van der Waals surface area contributed by atoms with Crippen LogP contribution in [-0.4, -0.2) is 47.4 Å². The maximum Gasteiger partial charge on any atom is 0.305 e. The predicted octanol–water partition coefficient (Wildman–Crippen LogP) is 22.7. The fraction of sp³-hybridized carbons (Fsp3) is 0.889. The van der Waals surface area contributed by atoms with Gasteiger partial charge in [0.05, 0.1) is 25.4 Å². The maximum absolute atomic E-state index is 12.5. The molecule has 0 aromatic carbocycles. The number of rotatable bonds is 66. The molecule has 0 heterocycles. The third kappa shape index (κ3) is 63.3. The first-order valence-corrected chi connectivity index (χ1v) is 35.3. The first-order chi connectivity index (χ1) is 38.5. The second kappa shape index (κ2) is 67.6. The van der Waals surface area contributed by atoms with Crippen molar-refractivity contribution >= 4 is 11.9 Å². The molecule has 0 radical (unpaired) electrons. The Kier molecular flexibility index (Phi) is 65.9. The maximum atomic E-state index is 12.5. The van der Waals surface area contributed by atoms with E-state index in [1.807, 2.05) is 6.08 Å². The summed E-state index contributed by atoms with van der Waals surface area (Å²) in [6, 6.07) is -0.633. The minimum atomic E-state index is -0.849. The zero-order valence-corrected chi connectivity index (χ0v) is 52.7. The van der Waals surface area contributed by atoms with Gasteiger partial charge in [0.1, 0.15) is 0 Å². The highest BCUT2D eigenvalue weighted by atomic mass is 16.5. The summed E-state index contributed by atoms with van der Waals surface area (Å²) in [5.74, 6) is -0.0578. The van der Waals surface area contributed by atoms with Crippen molar-refractivity contribution in [1.29, 1.82) is 0 Å². The number of aliphatic hydroxyl groups is 2. The fourth-order valence-electron chi connectivity index (χ4n) is 11.0. The Morgan fingerprint density at radius 1 is 0.359 bits per heavy atom. The summed E-state index contributed by atoms with van der Waals surface area (Å²) in [5.41, 5.74) is 0. The summed E-state index contributed by atoms with van der Waals surface area (Å²) >= 11 is 0. The molecule has 2 unspecified atom stereocenters. The van der Waals surface area contributed by atoms with Crippen LogP contribution < -0.4 is 5.32 Å². The molecule has 460 valence electrons. The Morgan fingerprint density at radius 3 is 0.974 bits per heavy atom. The van der Waals surface area contributed by atoms with Crippen molar-refractivity contribution in [1.82, 2.24) is 5.32 Å². The molecule has 0 aliphatic rings. The molecule has 0 aliphatic heterocycles. The van der Waals surface area contributed by atoms with Gasteiger partial charge in [-0.3, -0.25) is 9.59 Å². The molecule has 0 rings (SSSR count). The minimum Gasteiger partial charge on any atom is -0.466 e. The smallest absolute Gasteiger partial charge is 0.305 e. The molecule has 6 nitrogen and oxygen atoms in total. The number of hydrogen-bond donors (Lipinski definition) is 3. The number of allylic oxidation sites excluding steroid dienone is 5. The van der Waals surface area contributed by atoms with E-state index < -0.39 is 12.1 Å². The molecular weight excluding hydrogens is 959 g/mol. The van der Waals surface area contributed by atoms with E-state index in [-0.39, 0.29) is 18.5 Å². The van der Waals surface area contributed by atoms with Gasteiger partial charge in [0.2, 0.25) is 5.91 Å². The standard InChI is InChI=1S/C72H137NO5/c1-3-5-7-9-11-13-15-17-19-21-29-34-38-42-46-50-54-58-62-66-72(77)78-67-63-59-55-51-47-43-39-35-31-28-26-24-22-23-25-27-30-33-37-41-45-49-53-57-61-65-71(76)73-69(68-74)70(75)64-60-56-52-48-44-40-36-32-20-18-16-14-12-10-8-6-4-2/h23-26,60,64,69-70,74-75H,3-22,27-59,61-63,65-68H2,1-2H3,(H,73,76)/b25-23-,26-24-,64-60+. The van der Waals surface area contributed by atoms with Crippen LogP contribution >= 0.6 is 0 Å². The highest BCUT2D eigenvalue weighted by Gasteiger charge is 2.18. The molecule has 1 amide bonds. The highest BCUT2D eigenvalue weighted by molar-refractivity contribution is 5.76. The van der Waals surface area contributed by atoms with E-state index in [0.29, 0.717) is 19.4 Å². The number of esters is 1. The number of amides is 1. The van der Waals surface area contributed by atoms with Crippen molar-refractivity contribution in [3.63, 3.8) is 0 Å². The van der Waals surface area contributed by atoms with Gasteiger partial charge in [0.25, 0.3) is 0 Å². The van der Waals surface area contributed by atoms with Crippen LogP contribution in [0, 0.1) is 0 Å². The number of ether oxygens (including phenoxy) is 1. The fourth-order valence-corrected chi connectivity index (χ4v) is 11.0. The molecule has 0 bridgehead atoms. The van der Waals surface area contributed by atoms with Gasteiger partial charge in [-0.05, 0) is 64.2 Å². The number of hydrogen-bond acceptors (Lipinski definition) is 5. The van der Waals surface area contributed by atoms with E-state index in [2.05, 4.69) is 43.5 Å². The summed E-state index contributed by atoms with van der Waals surface area (Å²) < 4.78 is 5.51. The Balaban J connectivity index is 3.43. The van der Waals surface area contributed by atoms with Crippen LogP contribution in [0.3, 0.4) is 0 Å². The molecule has 0 aliphatic carbocycles. The van der Waals surface area contributed by atoms with Gasteiger partial charge in [-0.2, -0.15) is 0 Å². The molecular formula is C72H137NO5. The van der Waals surface area contributed by atoms with E-state index in [4.69, 9.17) is 4.74 Å². The van der Waals surface area contributed by atoms with Crippen LogP contribution in [-0.2, 0) is 14.3 Å². The number of carbonyl (C=O) groups is 2. The van der Waals surface area contributed by atoms with Crippen molar-refractivity contribution in [3.05, 3.63) is 36.5 Å². The predicted molar refractivity (Wildman–Crippen MR) is 343 cm³/mol. The third-order valence-corrected chi connectivity index (χ3v) is 16.4. The number of unbranched alkanes of at least 4 members (excludes halogenated alkanes) is 51. The summed E-state index contributed by atoms with van der Waals surface area (Å²) in [7, 11) is 0. The van der Waals surface area contributed by atoms with Crippen molar-refractivity contribution in [2.24, 2.45) is 0 Å². The van der Waals surface area contributed by atoms with Gasteiger partial charge in [-0.15, -0.1) is 0 Å². The zero-order chi connectivity index (χ0) is 56.4. The monoisotopic (exact) mass is 1100 g/mol. The average Bonchev–Trinajstić information content (AvgIpc) is 3.44. The minimum absolute atomic E-state index is 0.0138. The van der Waals surface area contributed by atoms with Crippen LogP contribution in [0.1, 0.15) is 386 Å². The molecule has 3 N–H and O–H groups in total. The number of nitrogens with one attached hydrogen (secondary N) is 1. The zero-order valence-electron chi connectivity index (χ0n) is 52.7. The SMILES string of the molecule is CCCCCCCCCCCCCCCCC/C=C/C(O)C(CO)NC(=O)CCCCCCCCCCC/C=C\C/C=C\CCCCCCCCCCCOC(=O)CCCCCCCCCCCCCCCCCCCCC. The first-order valence-electron chi connectivity index (χ1n) is 35.3. The van der Waals surface area contributed by atoms with Gasteiger partial charge < -0.3 is 20.3 Å². The summed E-state index contributed by atoms with van der Waals surface area (Å²) in [5, 5.41) is 23.2. The number of aliphatic hydroxyl groups excluding tert-OH is 2. The lowest BCUT2D eigenvalue weighted by Crippen LogP contribution is -2.45. The van der Waals surface area contributed by atoms with E-state index in [0.717, 1.165) is 44.9 Å². The normalized spacial score (nSPS) is 12.7. The van der Waals surface area contributed by atoms with Crippen molar-refractivity contribution in [2.45, 2.75) is 398 Å². The van der Waals surface area contributed by atoms with E-state index in [1.165, 1.54) is 315 Å². The van der Waals surface area contributed by atoms with Crippen molar-refractivity contribution in [3.8, 4) is 0 Å². The second-order valence-corrected chi connectivity index (χ2v) is 24.2. The van der Waals surface area contributed by atoms with Gasteiger partial charge >= 0.3 is 5.97 Å². The van der Waals surface area contributed by atoms with E-state index in [1.54, 1.807) is 6.08 Å². The summed E-state index contributed by atoms with van der Waals surface area (Å²) in [6.07, 6.45) is 86.5. The Morgan fingerprint density at radius 2 is 0.641 bits per heavy atom. The van der Waals surface area contributed by atoms with Crippen LogP contribution in [0.5, 0.6) is 0 Å². The Hall–Kier alpha value is -1.92. The molecule has 0 aromatic rings. The lowest BCUT2D eigenvalue weighted by Gasteiger charge is -2.20. The van der Waals surface area contributed by atoms with Crippen LogP contribution in [0.4, 0.5) is 0 Å². The van der Waals surface area contributed by atoms with Crippen molar-refractivity contribution in [2.75, 3.05) is 13.2 Å². The molecule has 2 atom stereocenters. The molecule has 0 spiro atoms. The van der Waals surface area contributed by atoms with Gasteiger partial charge in [0, 0.05) is 12.8 Å². The molecule has 0 fully saturated rings. The van der Waals surface area contributed by atoms with Crippen molar-refractivity contribution < 1.29 is 24.5 Å². The van der Waals surface area contributed by atoms with Gasteiger partial charge in [-0.25, -0.2) is 0 Å². The second-order valence-electron chi connectivity index (χ2n) is 24.2. The third-order valence-electron chi connectivity index (χ3n) is 16.4. The molecule has 0 aromatic heterocycles. The summed E-state index contributed by atoms with van der Waals surface area (Å²) in [4.78, 5) is 24.6. The molecule has 0 saturated carbocycles. The topological polar surface area (TPSA) is 95.9 Å². The highest BCUT2D eigenvalue weighted by Crippen LogP contribution is 2.18. The summed E-state index contributed by atoms with van der Waals surface area (Å²) in [6.45, 7) is 4.93. The van der Waals surface area contributed by atoms with Crippen LogP contribution in [0.2, 0.25) is 0 Å². The van der Waals surface area contributed by atoms with E-state index >= 15 is 0 Å². The lowest BCUT2D eigenvalue weighted by atomic mass is 10.0.